The lowest BCUT2D eigenvalue weighted by Gasteiger charge is -2.21. The molecule has 0 fully saturated rings. The predicted octanol–water partition coefficient (Wildman–Crippen LogP) is 3.05. The van der Waals surface area contributed by atoms with Gasteiger partial charge in [-0.2, -0.15) is 5.26 Å². The maximum atomic E-state index is 8.70. The molecule has 1 aromatic carbocycles. The van der Waals surface area contributed by atoms with Crippen molar-refractivity contribution in [1.29, 1.82) is 5.26 Å². The highest BCUT2D eigenvalue weighted by atomic mass is 35.5. The molecule has 2 nitrogen and oxygen atoms in total. The van der Waals surface area contributed by atoms with E-state index in [0.717, 1.165) is 12.1 Å². The zero-order chi connectivity index (χ0) is 11.4. The summed E-state index contributed by atoms with van der Waals surface area (Å²) in [4.78, 5) is 2.20. The van der Waals surface area contributed by atoms with E-state index in [0.29, 0.717) is 16.6 Å². The summed E-state index contributed by atoms with van der Waals surface area (Å²) in [7, 11) is 2.05. The molecule has 0 atom stereocenters. The average Bonchev–Trinajstić information content (AvgIpc) is 2.20. The van der Waals surface area contributed by atoms with Gasteiger partial charge >= 0.3 is 0 Å². The van der Waals surface area contributed by atoms with Crippen LogP contribution in [-0.2, 0) is 6.54 Å². The van der Waals surface area contributed by atoms with Gasteiger partial charge in [-0.25, -0.2) is 0 Å². The van der Waals surface area contributed by atoms with E-state index in [4.69, 9.17) is 16.9 Å². The third-order valence-electron chi connectivity index (χ3n) is 2.48. The van der Waals surface area contributed by atoms with Crippen molar-refractivity contribution in [3.05, 3.63) is 34.3 Å². The van der Waals surface area contributed by atoms with Crippen molar-refractivity contribution in [2.75, 3.05) is 7.05 Å². The van der Waals surface area contributed by atoms with Crippen LogP contribution in [0.15, 0.2) is 18.2 Å². The van der Waals surface area contributed by atoms with Gasteiger partial charge in [0.2, 0.25) is 0 Å². The summed E-state index contributed by atoms with van der Waals surface area (Å²) in [6.45, 7) is 5.08. The second kappa shape index (κ2) is 5.16. The van der Waals surface area contributed by atoms with Crippen LogP contribution in [0.5, 0.6) is 0 Å². The van der Waals surface area contributed by atoms with E-state index in [1.165, 1.54) is 0 Å². The Balaban J connectivity index is 2.84. The van der Waals surface area contributed by atoms with Gasteiger partial charge in [-0.3, -0.25) is 4.90 Å². The van der Waals surface area contributed by atoms with E-state index in [9.17, 15) is 0 Å². The van der Waals surface area contributed by atoms with Crippen molar-refractivity contribution >= 4 is 11.6 Å². The Kier molecular flexibility index (Phi) is 4.14. The molecule has 0 aliphatic carbocycles. The Morgan fingerprint density at radius 2 is 2.13 bits per heavy atom. The van der Waals surface area contributed by atoms with Crippen LogP contribution in [0, 0.1) is 11.3 Å². The number of halogens is 1. The first-order chi connectivity index (χ1) is 7.04. The maximum Gasteiger partial charge on any atom is 0.0992 e. The van der Waals surface area contributed by atoms with Gasteiger partial charge in [0.25, 0.3) is 0 Å². The third kappa shape index (κ3) is 3.23. The molecule has 1 aromatic rings. The van der Waals surface area contributed by atoms with Gasteiger partial charge < -0.3 is 0 Å². The van der Waals surface area contributed by atoms with Crippen LogP contribution < -0.4 is 0 Å². The standard InChI is InChI=1S/C12H15ClN2/c1-9(2)15(3)8-11-5-4-10(7-14)6-12(11)13/h4-6,9H,8H2,1-3H3. The van der Waals surface area contributed by atoms with Gasteiger partial charge in [-0.05, 0) is 38.6 Å². The molecule has 15 heavy (non-hydrogen) atoms. The first-order valence-corrected chi connectivity index (χ1v) is 5.31. The van der Waals surface area contributed by atoms with Gasteiger partial charge in [0.1, 0.15) is 0 Å². The van der Waals surface area contributed by atoms with Gasteiger partial charge in [0, 0.05) is 17.6 Å². The predicted molar refractivity (Wildman–Crippen MR) is 62.8 cm³/mol. The SMILES string of the molecule is CC(C)N(C)Cc1ccc(C#N)cc1Cl. The molecule has 0 radical (unpaired) electrons. The topological polar surface area (TPSA) is 27.0 Å². The minimum absolute atomic E-state index is 0.483. The Bertz CT molecular complexity index is 380. The quantitative estimate of drug-likeness (QED) is 0.786. The molecule has 0 spiro atoms. The summed E-state index contributed by atoms with van der Waals surface area (Å²) in [6.07, 6.45) is 0. The molecular formula is C12H15ClN2. The van der Waals surface area contributed by atoms with E-state index < -0.39 is 0 Å². The molecule has 1 rings (SSSR count). The fraction of sp³-hybridized carbons (Fsp3) is 0.417. The van der Waals surface area contributed by atoms with Crippen molar-refractivity contribution in [3.63, 3.8) is 0 Å². The number of rotatable bonds is 3. The lowest BCUT2D eigenvalue weighted by atomic mass is 10.1. The molecule has 80 valence electrons. The van der Waals surface area contributed by atoms with Gasteiger partial charge in [-0.1, -0.05) is 17.7 Å². The van der Waals surface area contributed by atoms with E-state index in [2.05, 4.69) is 31.9 Å². The fourth-order valence-electron chi connectivity index (χ4n) is 1.20. The minimum Gasteiger partial charge on any atom is -0.300 e. The first kappa shape index (κ1) is 12.0. The number of hydrogen-bond donors (Lipinski definition) is 0. The van der Waals surface area contributed by atoms with Crippen LogP contribution in [-0.4, -0.2) is 18.0 Å². The molecule has 0 bridgehead atoms. The molecule has 0 aliphatic rings. The Hall–Kier alpha value is -1.04. The number of hydrogen-bond acceptors (Lipinski definition) is 2. The molecule has 0 aliphatic heterocycles. The minimum atomic E-state index is 0.483. The molecule has 0 unspecified atom stereocenters. The van der Waals surface area contributed by atoms with Crippen molar-refractivity contribution < 1.29 is 0 Å². The lowest BCUT2D eigenvalue weighted by Crippen LogP contribution is -2.25. The summed E-state index contributed by atoms with van der Waals surface area (Å²) in [6, 6.07) is 7.99. The second-order valence-corrected chi connectivity index (χ2v) is 4.33. The van der Waals surface area contributed by atoms with E-state index in [-0.39, 0.29) is 0 Å². The summed E-state index contributed by atoms with van der Waals surface area (Å²) in [5.74, 6) is 0. The van der Waals surface area contributed by atoms with Crippen LogP contribution in [0.3, 0.4) is 0 Å². The number of nitriles is 1. The van der Waals surface area contributed by atoms with Gasteiger partial charge in [0.15, 0.2) is 0 Å². The molecule has 0 aromatic heterocycles. The van der Waals surface area contributed by atoms with Crippen LogP contribution >= 0.6 is 11.6 Å². The molecular weight excluding hydrogens is 208 g/mol. The van der Waals surface area contributed by atoms with Crippen LogP contribution in [0.25, 0.3) is 0 Å². The van der Waals surface area contributed by atoms with Crippen LogP contribution in [0.4, 0.5) is 0 Å². The number of nitrogens with zero attached hydrogens (tertiary/aromatic N) is 2. The second-order valence-electron chi connectivity index (χ2n) is 3.93. The van der Waals surface area contributed by atoms with Crippen LogP contribution in [0.2, 0.25) is 5.02 Å². The van der Waals surface area contributed by atoms with Gasteiger partial charge in [-0.15, -0.1) is 0 Å². The zero-order valence-electron chi connectivity index (χ0n) is 9.29. The molecule has 0 saturated heterocycles. The maximum absolute atomic E-state index is 8.70. The van der Waals surface area contributed by atoms with Gasteiger partial charge in [0.05, 0.1) is 11.6 Å². The third-order valence-corrected chi connectivity index (χ3v) is 2.84. The molecule has 0 saturated carbocycles. The molecule has 0 amide bonds. The summed E-state index contributed by atoms with van der Waals surface area (Å²) >= 11 is 6.08. The highest BCUT2D eigenvalue weighted by Gasteiger charge is 2.07. The first-order valence-electron chi connectivity index (χ1n) is 4.93. The largest absolute Gasteiger partial charge is 0.300 e. The fourth-order valence-corrected chi connectivity index (χ4v) is 1.44. The van der Waals surface area contributed by atoms with E-state index in [1.54, 1.807) is 12.1 Å². The van der Waals surface area contributed by atoms with Crippen molar-refractivity contribution in [2.45, 2.75) is 26.4 Å². The zero-order valence-corrected chi connectivity index (χ0v) is 10.0. The normalized spacial score (nSPS) is 10.7. The van der Waals surface area contributed by atoms with Crippen molar-refractivity contribution in [3.8, 4) is 6.07 Å². The molecule has 0 N–H and O–H groups in total. The smallest absolute Gasteiger partial charge is 0.0992 e. The molecule has 0 heterocycles. The number of benzene rings is 1. The van der Waals surface area contributed by atoms with Crippen LogP contribution in [0.1, 0.15) is 25.0 Å². The Morgan fingerprint density at radius 3 is 2.60 bits per heavy atom. The summed E-state index contributed by atoms with van der Waals surface area (Å²) in [5.41, 5.74) is 1.67. The molecule has 3 heteroatoms. The Labute approximate surface area is 96.1 Å². The highest BCUT2D eigenvalue weighted by Crippen LogP contribution is 2.19. The van der Waals surface area contributed by atoms with Crippen molar-refractivity contribution in [1.82, 2.24) is 4.90 Å². The van der Waals surface area contributed by atoms with E-state index in [1.807, 2.05) is 6.07 Å². The summed E-state index contributed by atoms with van der Waals surface area (Å²) in [5, 5.41) is 9.37. The summed E-state index contributed by atoms with van der Waals surface area (Å²) < 4.78 is 0. The highest BCUT2D eigenvalue weighted by molar-refractivity contribution is 6.31. The van der Waals surface area contributed by atoms with E-state index >= 15 is 0 Å². The lowest BCUT2D eigenvalue weighted by molar-refractivity contribution is 0.266. The van der Waals surface area contributed by atoms with Crippen molar-refractivity contribution in [2.24, 2.45) is 0 Å². The monoisotopic (exact) mass is 222 g/mol. The average molecular weight is 223 g/mol. The Morgan fingerprint density at radius 1 is 1.47 bits per heavy atom.